The second kappa shape index (κ2) is 8.11. The molecule has 0 unspecified atom stereocenters. The van der Waals surface area contributed by atoms with Crippen molar-refractivity contribution in [3.8, 4) is 0 Å². The average molecular weight is 392 g/mol. The van der Waals surface area contributed by atoms with E-state index in [1.54, 1.807) is 18.2 Å². The third-order valence-corrected chi connectivity index (χ3v) is 4.94. The summed E-state index contributed by atoms with van der Waals surface area (Å²) in [7, 11) is 0. The van der Waals surface area contributed by atoms with Crippen LogP contribution in [0, 0.1) is 0 Å². The molecule has 4 nitrogen and oxygen atoms in total. The molecule has 0 saturated carbocycles. The third-order valence-electron chi connectivity index (χ3n) is 4.38. The van der Waals surface area contributed by atoms with Crippen LogP contribution in [0.15, 0.2) is 36.4 Å². The van der Waals surface area contributed by atoms with E-state index in [1.165, 1.54) is 18.1 Å². The van der Waals surface area contributed by atoms with E-state index in [0.717, 1.165) is 24.8 Å². The fourth-order valence-electron chi connectivity index (χ4n) is 3.02. The third kappa shape index (κ3) is 4.57. The standard InChI is InChI=1S/C20H19Cl2NO3/c1-12(20(25)23-18-11-16(21)7-8-17(18)22)26-19(24)10-13-5-6-14-3-2-4-15(14)9-13/h5-9,11-12H,2-4,10H2,1H3,(H,23,25)/t12-/m1/s1. The van der Waals surface area contributed by atoms with Crippen LogP contribution in [0.1, 0.15) is 30.0 Å². The first-order chi connectivity index (χ1) is 12.4. The predicted molar refractivity (Wildman–Crippen MR) is 103 cm³/mol. The Balaban J connectivity index is 1.56. The molecule has 2 aromatic carbocycles. The van der Waals surface area contributed by atoms with Gasteiger partial charge in [-0.2, -0.15) is 0 Å². The number of fused-ring (bicyclic) bond motifs is 1. The number of halogens is 2. The molecule has 1 aliphatic carbocycles. The highest BCUT2D eigenvalue weighted by Crippen LogP contribution is 2.26. The highest BCUT2D eigenvalue weighted by atomic mass is 35.5. The summed E-state index contributed by atoms with van der Waals surface area (Å²) in [6.45, 7) is 1.52. The number of esters is 1. The molecule has 0 heterocycles. The van der Waals surface area contributed by atoms with Crippen LogP contribution < -0.4 is 5.32 Å². The van der Waals surface area contributed by atoms with Crippen molar-refractivity contribution in [3.63, 3.8) is 0 Å². The number of carbonyl (C=O) groups excluding carboxylic acids is 2. The molecular formula is C20H19Cl2NO3. The Bertz CT molecular complexity index is 851. The topological polar surface area (TPSA) is 55.4 Å². The summed E-state index contributed by atoms with van der Waals surface area (Å²) in [5.74, 6) is -0.903. The van der Waals surface area contributed by atoms with E-state index >= 15 is 0 Å². The summed E-state index contributed by atoms with van der Waals surface area (Å²) in [5.41, 5.74) is 3.94. The van der Waals surface area contributed by atoms with Gasteiger partial charge in [-0.05, 0) is 61.1 Å². The second-order valence-corrected chi connectivity index (χ2v) is 7.22. The van der Waals surface area contributed by atoms with Crippen molar-refractivity contribution in [2.75, 3.05) is 5.32 Å². The normalized spacial score (nSPS) is 13.8. The van der Waals surface area contributed by atoms with Crippen molar-refractivity contribution < 1.29 is 14.3 Å². The van der Waals surface area contributed by atoms with Crippen LogP contribution in [-0.2, 0) is 33.6 Å². The molecule has 0 aromatic heterocycles. The van der Waals surface area contributed by atoms with E-state index in [2.05, 4.69) is 17.4 Å². The van der Waals surface area contributed by atoms with Crippen LogP contribution in [-0.4, -0.2) is 18.0 Å². The fraction of sp³-hybridized carbons (Fsp3) is 0.300. The van der Waals surface area contributed by atoms with Crippen LogP contribution in [0.5, 0.6) is 0 Å². The quantitative estimate of drug-likeness (QED) is 0.757. The molecule has 136 valence electrons. The number of ether oxygens (including phenoxy) is 1. The Labute approximate surface area is 162 Å². The molecule has 1 N–H and O–H groups in total. The Morgan fingerprint density at radius 2 is 1.88 bits per heavy atom. The van der Waals surface area contributed by atoms with E-state index in [-0.39, 0.29) is 6.42 Å². The maximum atomic E-state index is 12.2. The van der Waals surface area contributed by atoms with Gasteiger partial charge in [0.25, 0.3) is 5.91 Å². The van der Waals surface area contributed by atoms with Gasteiger partial charge >= 0.3 is 5.97 Å². The number of benzene rings is 2. The second-order valence-electron chi connectivity index (χ2n) is 6.38. The van der Waals surface area contributed by atoms with Crippen molar-refractivity contribution in [3.05, 3.63) is 63.1 Å². The van der Waals surface area contributed by atoms with Gasteiger partial charge in [-0.1, -0.05) is 41.4 Å². The Morgan fingerprint density at radius 1 is 1.12 bits per heavy atom. The van der Waals surface area contributed by atoms with Crippen LogP contribution in [0.4, 0.5) is 5.69 Å². The minimum absolute atomic E-state index is 0.142. The lowest BCUT2D eigenvalue weighted by Crippen LogP contribution is -2.30. The maximum Gasteiger partial charge on any atom is 0.311 e. The lowest BCUT2D eigenvalue weighted by molar-refractivity contribution is -0.152. The van der Waals surface area contributed by atoms with E-state index < -0.39 is 18.0 Å². The number of carbonyl (C=O) groups is 2. The van der Waals surface area contributed by atoms with Gasteiger partial charge in [0.15, 0.2) is 6.10 Å². The van der Waals surface area contributed by atoms with Gasteiger partial charge in [0.1, 0.15) is 0 Å². The monoisotopic (exact) mass is 391 g/mol. The van der Waals surface area contributed by atoms with Crippen LogP contribution >= 0.6 is 23.2 Å². The summed E-state index contributed by atoms with van der Waals surface area (Å²) in [4.78, 5) is 24.4. The smallest absolute Gasteiger partial charge is 0.311 e. The summed E-state index contributed by atoms with van der Waals surface area (Å²) in [5, 5.41) is 3.43. The molecule has 3 rings (SSSR count). The highest BCUT2D eigenvalue weighted by Gasteiger charge is 2.20. The first-order valence-electron chi connectivity index (χ1n) is 8.48. The van der Waals surface area contributed by atoms with E-state index in [0.29, 0.717) is 15.7 Å². The summed E-state index contributed by atoms with van der Waals surface area (Å²) in [6.07, 6.45) is 2.52. The van der Waals surface area contributed by atoms with Gasteiger partial charge in [-0.25, -0.2) is 0 Å². The average Bonchev–Trinajstić information content (AvgIpc) is 3.05. The van der Waals surface area contributed by atoms with Crippen LogP contribution in [0.3, 0.4) is 0 Å². The number of anilines is 1. The largest absolute Gasteiger partial charge is 0.452 e. The molecule has 1 atom stereocenters. The number of hydrogen-bond donors (Lipinski definition) is 1. The Kier molecular flexibility index (Phi) is 5.84. The van der Waals surface area contributed by atoms with Gasteiger partial charge in [0, 0.05) is 5.02 Å². The van der Waals surface area contributed by atoms with Gasteiger partial charge < -0.3 is 10.1 Å². The first-order valence-corrected chi connectivity index (χ1v) is 9.24. The summed E-state index contributed by atoms with van der Waals surface area (Å²) in [6, 6.07) is 10.8. The van der Waals surface area contributed by atoms with Crippen molar-refractivity contribution in [1.82, 2.24) is 0 Å². The lowest BCUT2D eigenvalue weighted by atomic mass is 10.0. The maximum absolute atomic E-state index is 12.2. The molecule has 0 spiro atoms. The zero-order valence-electron chi connectivity index (χ0n) is 14.4. The Morgan fingerprint density at radius 3 is 2.69 bits per heavy atom. The highest BCUT2D eigenvalue weighted by molar-refractivity contribution is 6.35. The van der Waals surface area contributed by atoms with Crippen molar-refractivity contribution in [2.45, 2.75) is 38.7 Å². The van der Waals surface area contributed by atoms with E-state index in [1.807, 2.05) is 6.07 Å². The SMILES string of the molecule is C[C@@H](OC(=O)Cc1ccc2c(c1)CCC2)C(=O)Nc1cc(Cl)ccc1Cl. The fourth-order valence-corrected chi connectivity index (χ4v) is 3.36. The Hall–Kier alpha value is -2.04. The van der Waals surface area contributed by atoms with Crippen LogP contribution in [0.25, 0.3) is 0 Å². The van der Waals surface area contributed by atoms with Gasteiger partial charge in [0.05, 0.1) is 17.1 Å². The number of hydrogen-bond acceptors (Lipinski definition) is 3. The zero-order valence-corrected chi connectivity index (χ0v) is 15.9. The molecule has 26 heavy (non-hydrogen) atoms. The molecule has 1 aliphatic rings. The molecule has 1 amide bonds. The molecule has 0 saturated heterocycles. The van der Waals surface area contributed by atoms with Gasteiger partial charge in [-0.15, -0.1) is 0 Å². The zero-order chi connectivity index (χ0) is 18.7. The van der Waals surface area contributed by atoms with Crippen molar-refractivity contribution in [1.29, 1.82) is 0 Å². The summed E-state index contributed by atoms with van der Waals surface area (Å²) >= 11 is 11.9. The minimum Gasteiger partial charge on any atom is -0.452 e. The minimum atomic E-state index is -0.938. The number of nitrogens with one attached hydrogen (secondary N) is 1. The van der Waals surface area contributed by atoms with Crippen molar-refractivity contribution >= 4 is 40.8 Å². The molecular weight excluding hydrogens is 373 g/mol. The molecule has 0 bridgehead atoms. The van der Waals surface area contributed by atoms with Gasteiger partial charge in [0.2, 0.25) is 0 Å². The molecule has 0 fully saturated rings. The lowest BCUT2D eigenvalue weighted by Gasteiger charge is -2.14. The molecule has 6 heteroatoms. The molecule has 0 radical (unpaired) electrons. The van der Waals surface area contributed by atoms with E-state index in [9.17, 15) is 9.59 Å². The van der Waals surface area contributed by atoms with Gasteiger partial charge in [-0.3, -0.25) is 9.59 Å². The molecule has 2 aromatic rings. The first kappa shape index (κ1) is 18.7. The van der Waals surface area contributed by atoms with E-state index in [4.69, 9.17) is 27.9 Å². The summed E-state index contributed by atoms with van der Waals surface area (Å²) < 4.78 is 5.25. The molecule has 0 aliphatic heterocycles. The number of amides is 1. The van der Waals surface area contributed by atoms with Crippen molar-refractivity contribution in [2.24, 2.45) is 0 Å². The predicted octanol–water partition coefficient (Wildman–Crippen LogP) is 4.60. The van der Waals surface area contributed by atoms with Crippen LogP contribution in [0.2, 0.25) is 10.0 Å². The number of aryl methyl sites for hydroxylation is 2. The number of rotatable bonds is 5.